The van der Waals surface area contributed by atoms with Crippen LogP contribution in [0.2, 0.25) is 0 Å². The van der Waals surface area contributed by atoms with Crippen LogP contribution in [0.15, 0.2) is 77.3 Å². The second kappa shape index (κ2) is 9.15. The molecule has 7 nitrogen and oxygen atoms in total. The third kappa shape index (κ3) is 4.60. The van der Waals surface area contributed by atoms with Gasteiger partial charge in [-0.1, -0.05) is 40.2 Å². The number of carbonyl (C=O) groups is 4. The lowest BCUT2D eigenvalue weighted by molar-refractivity contribution is -0.119. The van der Waals surface area contributed by atoms with Crippen LogP contribution in [-0.2, 0) is 16.1 Å². The fourth-order valence-corrected chi connectivity index (χ4v) is 3.52. The number of nitrogens with one attached hydrogen (secondary N) is 1. The van der Waals surface area contributed by atoms with Crippen molar-refractivity contribution in [1.29, 1.82) is 0 Å². The van der Waals surface area contributed by atoms with Crippen molar-refractivity contribution in [3.63, 3.8) is 0 Å². The van der Waals surface area contributed by atoms with Gasteiger partial charge in [0, 0.05) is 10.2 Å². The number of nitrogens with zero attached hydrogens (tertiary/aromatic N) is 1. The number of amides is 3. The highest BCUT2D eigenvalue weighted by Gasteiger charge is 2.34. The Balaban J connectivity index is 1.32. The summed E-state index contributed by atoms with van der Waals surface area (Å²) in [6, 6.07) is 20.0. The second-order valence-corrected chi connectivity index (χ2v) is 7.99. The first kappa shape index (κ1) is 21.5. The van der Waals surface area contributed by atoms with E-state index in [4.69, 9.17) is 4.74 Å². The summed E-state index contributed by atoms with van der Waals surface area (Å²) in [6.07, 6.45) is 0. The predicted molar refractivity (Wildman–Crippen MR) is 120 cm³/mol. The average molecular weight is 493 g/mol. The summed E-state index contributed by atoms with van der Waals surface area (Å²) < 4.78 is 5.94. The highest BCUT2D eigenvalue weighted by molar-refractivity contribution is 9.10. The highest BCUT2D eigenvalue weighted by Crippen LogP contribution is 2.24. The van der Waals surface area contributed by atoms with Gasteiger partial charge in [0.1, 0.15) is 0 Å². The molecule has 1 heterocycles. The van der Waals surface area contributed by atoms with Gasteiger partial charge in [-0.05, 0) is 54.1 Å². The lowest BCUT2D eigenvalue weighted by atomic mass is 10.1. The number of hydrogen-bond acceptors (Lipinski definition) is 5. The molecule has 4 rings (SSSR count). The molecule has 0 bridgehead atoms. The molecular weight excluding hydrogens is 476 g/mol. The van der Waals surface area contributed by atoms with Gasteiger partial charge in [-0.25, -0.2) is 4.79 Å². The SMILES string of the molecule is O=C(COC(=O)c1ccc(CN2C(=O)c3ccccc3C2=O)cc1)Nc1ccc(Br)cc1. The van der Waals surface area contributed by atoms with Crippen LogP contribution < -0.4 is 5.32 Å². The largest absolute Gasteiger partial charge is 0.452 e. The Morgan fingerprint density at radius 1 is 0.844 bits per heavy atom. The molecule has 0 fully saturated rings. The number of anilines is 1. The van der Waals surface area contributed by atoms with Crippen LogP contribution in [0.3, 0.4) is 0 Å². The molecule has 0 saturated heterocycles. The molecule has 0 aliphatic carbocycles. The van der Waals surface area contributed by atoms with Crippen LogP contribution in [-0.4, -0.2) is 35.2 Å². The van der Waals surface area contributed by atoms with Crippen molar-refractivity contribution < 1.29 is 23.9 Å². The summed E-state index contributed by atoms with van der Waals surface area (Å²) in [4.78, 5) is 50.3. The van der Waals surface area contributed by atoms with E-state index >= 15 is 0 Å². The van der Waals surface area contributed by atoms with E-state index in [9.17, 15) is 19.2 Å². The molecule has 1 aliphatic rings. The fraction of sp³-hybridized carbons (Fsp3) is 0.0833. The smallest absolute Gasteiger partial charge is 0.338 e. The van der Waals surface area contributed by atoms with Crippen LogP contribution in [0.1, 0.15) is 36.6 Å². The van der Waals surface area contributed by atoms with Gasteiger partial charge in [0.05, 0.1) is 23.2 Å². The molecule has 0 aromatic heterocycles. The van der Waals surface area contributed by atoms with Gasteiger partial charge in [-0.3, -0.25) is 19.3 Å². The first-order valence-electron chi connectivity index (χ1n) is 9.69. The number of ether oxygens (including phenoxy) is 1. The number of hydrogen-bond donors (Lipinski definition) is 1. The second-order valence-electron chi connectivity index (χ2n) is 7.07. The minimum absolute atomic E-state index is 0.0945. The van der Waals surface area contributed by atoms with Crippen molar-refractivity contribution in [3.8, 4) is 0 Å². The van der Waals surface area contributed by atoms with Crippen molar-refractivity contribution in [1.82, 2.24) is 4.90 Å². The first-order chi connectivity index (χ1) is 15.4. The number of halogens is 1. The number of benzene rings is 3. The zero-order valence-electron chi connectivity index (χ0n) is 16.7. The summed E-state index contributed by atoms with van der Waals surface area (Å²) in [7, 11) is 0. The summed E-state index contributed by atoms with van der Waals surface area (Å²) >= 11 is 3.31. The number of esters is 1. The van der Waals surface area contributed by atoms with Crippen LogP contribution in [0, 0.1) is 0 Å². The molecule has 3 amide bonds. The van der Waals surface area contributed by atoms with Gasteiger partial charge in [0.2, 0.25) is 0 Å². The van der Waals surface area contributed by atoms with E-state index in [0.29, 0.717) is 22.4 Å². The Morgan fingerprint density at radius 3 is 2.03 bits per heavy atom. The molecule has 3 aromatic rings. The lowest BCUT2D eigenvalue weighted by Gasteiger charge is -2.14. The fourth-order valence-electron chi connectivity index (χ4n) is 3.26. The molecule has 3 aromatic carbocycles. The molecule has 160 valence electrons. The van der Waals surface area contributed by atoms with E-state index in [2.05, 4.69) is 21.2 Å². The zero-order valence-corrected chi connectivity index (χ0v) is 18.3. The Labute approximate surface area is 192 Å². The normalized spacial score (nSPS) is 12.5. The molecule has 8 heteroatoms. The van der Waals surface area contributed by atoms with Crippen LogP contribution in [0.5, 0.6) is 0 Å². The minimum Gasteiger partial charge on any atom is -0.452 e. The Hall–Kier alpha value is -3.78. The Kier molecular flexibility index (Phi) is 6.13. The Morgan fingerprint density at radius 2 is 1.44 bits per heavy atom. The summed E-state index contributed by atoms with van der Waals surface area (Å²) in [5.74, 6) is -1.79. The topological polar surface area (TPSA) is 92.8 Å². The third-order valence-corrected chi connectivity index (χ3v) is 5.40. The average Bonchev–Trinajstić information content (AvgIpc) is 3.04. The first-order valence-corrected chi connectivity index (χ1v) is 10.5. The highest BCUT2D eigenvalue weighted by atomic mass is 79.9. The number of imide groups is 1. The van der Waals surface area contributed by atoms with Crippen molar-refractivity contribution in [2.45, 2.75) is 6.54 Å². The Bertz CT molecular complexity index is 1170. The molecule has 32 heavy (non-hydrogen) atoms. The van der Waals surface area contributed by atoms with Crippen LogP contribution in [0.25, 0.3) is 0 Å². The maximum Gasteiger partial charge on any atom is 0.338 e. The van der Waals surface area contributed by atoms with E-state index in [1.807, 2.05) is 0 Å². The third-order valence-electron chi connectivity index (χ3n) is 4.87. The van der Waals surface area contributed by atoms with E-state index in [-0.39, 0.29) is 23.9 Å². The number of carbonyl (C=O) groups excluding carboxylic acids is 4. The van der Waals surface area contributed by atoms with Gasteiger partial charge in [-0.2, -0.15) is 0 Å². The summed E-state index contributed by atoms with van der Waals surface area (Å²) in [6.45, 7) is -0.330. The van der Waals surface area contributed by atoms with Crippen LogP contribution >= 0.6 is 15.9 Å². The van der Waals surface area contributed by atoms with Crippen molar-refractivity contribution in [2.24, 2.45) is 0 Å². The van der Waals surface area contributed by atoms with Gasteiger partial charge in [0.15, 0.2) is 6.61 Å². The minimum atomic E-state index is -0.650. The predicted octanol–water partition coefficient (Wildman–Crippen LogP) is 4.04. The van der Waals surface area contributed by atoms with E-state index < -0.39 is 18.5 Å². The maximum absolute atomic E-state index is 12.5. The van der Waals surface area contributed by atoms with E-state index in [1.165, 1.54) is 17.0 Å². The van der Waals surface area contributed by atoms with E-state index in [0.717, 1.165) is 4.47 Å². The standard InChI is InChI=1S/C24H17BrN2O5/c25-17-9-11-18(12-10-17)26-21(28)14-32-24(31)16-7-5-15(6-8-16)13-27-22(29)19-3-1-2-4-20(19)23(27)30/h1-12H,13-14H2,(H,26,28). The quantitative estimate of drug-likeness (QED) is 0.414. The van der Waals surface area contributed by atoms with Crippen molar-refractivity contribution >= 4 is 45.3 Å². The van der Waals surface area contributed by atoms with Crippen LogP contribution in [0.4, 0.5) is 5.69 Å². The molecular formula is C24H17BrN2O5. The zero-order chi connectivity index (χ0) is 22.7. The molecule has 0 atom stereocenters. The summed E-state index contributed by atoms with van der Waals surface area (Å²) in [5, 5.41) is 2.63. The summed E-state index contributed by atoms with van der Waals surface area (Å²) in [5.41, 5.74) is 2.31. The van der Waals surface area contributed by atoms with E-state index in [1.54, 1.807) is 60.7 Å². The monoisotopic (exact) mass is 492 g/mol. The lowest BCUT2D eigenvalue weighted by Crippen LogP contribution is -2.29. The number of fused-ring (bicyclic) bond motifs is 1. The molecule has 0 saturated carbocycles. The van der Waals surface area contributed by atoms with Gasteiger partial charge < -0.3 is 10.1 Å². The van der Waals surface area contributed by atoms with Gasteiger partial charge in [0.25, 0.3) is 17.7 Å². The molecule has 0 unspecified atom stereocenters. The molecule has 1 N–H and O–H groups in total. The molecule has 1 aliphatic heterocycles. The van der Waals surface area contributed by atoms with Crippen molar-refractivity contribution in [2.75, 3.05) is 11.9 Å². The molecule has 0 spiro atoms. The maximum atomic E-state index is 12.5. The van der Waals surface area contributed by atoms with Crippen molar-refractivity contribution in [3.05, 3.63) is 99.5 Å². The van der Waals surface area contributed by atoms with Gasteiger partial charge >= 0.3 is 5.97 Å². The molecule has 0 radical (unpaired) electrons. The number of rotatable bonds is 6. The van der Waals surface area contributed by atoms with Gasteiger partial charge in [-0.15, -0.1) is 0 Å².